The summed E-state index contributed by atoms with van der Waals surface area (Å²) in [4.78, 5) is 63.1. The van der Waals surface area contributed by atoms with E-state index in [0.29, 0.717) is 58.4 Å². The van der Waals surface area contributed by atoms with Crippen molar-refractivity contribution in [3.63, 3.8) is 0 Å². The SMILES string of the molecule is C=C(C)C(=O)NCCC1CC2CC1C1CCC(CCNC(=O)/C(C)=C/C=C(\C)C(=O)NCC(CNC(=O)C(=C)C)(CNC(=O)C(=C)C)CNC(O)C(=C)C)C21. The van der Waals surface area contributed by atoms with Gasteiger partial charge in [-0.2, -0.15) is 0 Å². The molecule has 7 unspecified atom stereocenters. The molecule has 12 nitrogen and oxygen atoms in total. The smallest absolute Gasteiger partial charge is 0.246 e. The average molecular weight is 763 g/mol. The molecule has 0 saturated heterocycles. The van der Waals surface area contributed by atoms with Crippen LogP contribution in [0.5, 0.6) is 0 Å². The Labute approximate surface area is 328 Å². The fourth-order valence-electron chi connectivity index (χ4n) is 8.63. The monoisotopic (exact) mass is 763 g/mol. The van der Waals surface area contributed by atoms with Crippen molar-refractivity contribution < 1.29 is 29.1 Å². The molecule has 0 radical (unpaired) electrons. The van der Waals surface area contributed by atoms with E-state index in [-0.39, 0.29) is 49.8 Å². The minimum absolute atomic E-state index is 0.0159. The van der Waals surface area contributed by atoms with Gasteiger partial charge >= 0.3 is 0 Å². The van der Waals surface area contributed by atoms with Crippen molar-refractivity contribution in [2.45, 2.75) is 86.3 Å². The van der Waals surface area contributed by atoms with Crippen molar-refractivity contribution in [3.8, 4) is 0 Å². The molecule has 0 aromatic rings. The number of carbonyl (C=O) groups is 5. The van der Waals surface area contributed by atoms with Crippen LogP contribution in [0.3, 0.4) is 0 Å². The maximum Gasteiger partial charge on any atom is 0.246 e. The summed E-state index contributed by atoms with van der Waals surface area (Å²) in [7, 11) is 0. The zero-order chi connectivity index (χ0) is 41.0. The first-order valence-electron chi connectivity index (χ1n) is 19.6. The van der Waals surface area contributed by atoms with E-state index in [1.807, 2.05) is 0 Å². The molecule has 2 bridgehead atoms. The number of aliphatic hydroxyl groups is 1. The van der Waals surface area contributed by atoms with Crippen molar-refractivity contribution in [1.29, 1.82) is 0 Å². The fourth-order valence-corrected chi connectivity index (χ4v) is 8.63. The Balaban J connectivity index is 1.55. The number of hydrogen-bond acceptors (Lipinski definition) is 7. The molecule has 0 aromatic carbocycles. The van der Waals surface area contributed by atoms with Crippen LogP contribution in [-0.2, 0) is 24.0 Å². The summed E-state index contributed by atoms with van der Waals surface area (Å²) in [5.74, 6) is 2.90. The highest BCUT2D eigenvalue weighted by molar-refractivity contribution is 5.95. The minimum Gasteiger partial charge on any atom is -0.375 e. The van der Waals surface area contributed by atoms with Gasteiger partial charge in [0.25, 0.3) is 0 Å². The minimum atomic E-state index is -1.05. The third-order valence-electron chi connectivity index (χ3n) is 11.9. The topological polar surface area (TPSA) is 178 Å². The Kier molecular flexibility index (Phi) is 16.9. The second-order valence-electron chi connectivity index (χ2n) is 16.5. The van der Waals surface area contributed by atoms with Crippen LogP contribution in [0, 0.1) is 40.9 Å². The molecule has 0 aromatic heterocycles. The van der Waals surface area contributed by atoms with Crippen LogP contribution >= 0.6 is 0 Å². The number of carbonyl (C=O) groups excluding carboxylic acids is 5. The quantitative estimate of drug-likeness (QED) is 0.0380. The van der Waals surface area contributed by atoms with E-state index >= 15 is 0 Å². The van der Waals surface area contributed by atoms with E-state index in [2.05, 4.69) is 58.2 Å². The van der Waals surface area contributed by atoms with Crippen LogP contribution in [0.2, 0.25) is 0 Å². The van der Waals surface area contributed by atoms with Crippen molar-refractivity contribution in [1.82, 2.24) is 31.9 Å². The number of nitrogens with one attached hydrogen (secondary N) is 6. The zero-order valence-electron chi connectivity index (χ0n) is 34.0. The summed E-state index contributed by atoms with van der Waals surface area (Å²) in [5, 5.41) is 28.0. The summed E-state index contributed by atoms with van der Waals surface area (Å²) >= 11 is 0. The van der Waals surface area contributed by atoms with Crippen LogP contribution in [0.4, 0.5) is 0 Å². The maximum atomic E-state index is 13.3. The van der Waals surface area contributed by atoms with E-state index in [1.165, 1.54) is 25.7 Å². The van der Waals surface area contributed by atoms with Gasteiger partial charge in [0.05, 0.1) is 0 Å². The van der Waals surface area contributed by atoms with Crippen LogP contribution in [0.15, 0.2) is 71.9 Å². The van der Waals surface area contributed by atoms with Gasteiger partial charge in [0, 0.05) is 72.5 Å². The molecule has 12 heteroatoms. The highest BCUT2D eigenvalue weighted by atomic mass is 16.3. The van der Waals surface area contributed by atoms with Crippen molar-refractivity contribution >= 4 is 29.5 Å². The molecule has 3 aliphatic carbocycles. The molecule has 3 saturated carbocycles. The van der Waals surface area contributed by atoms with Gasteiger partial charge in [-0.15, -0.1) is 0 Å². The molecule has 55 heavy (non-hydrogen) atoms. The van der Waals surface area contributed by atoms with Crippen LogP contribution < -0.4 is 31.9 Å². The highest BCUT2D eigenvalue weighted by Gasteiger charge is 2.56. The highest BCUT2D eigenvalue weighted by Crippen LogP contribution is 2.63. The first kappa shape index (κ1) is 45.1. The van der Waals surface area contributed by atoms with Gasteiger partial charge in [-0.1, -0.05) is 38.5 Å². The Bertz CT molecular complexity index is 1550. The van der Waals surface area contributed by atoms with Gasteiger partial charge in [0.1, 0.15) is 6.23 Å². The Morgan fingerprint density at radius 1 is 0.618 bits per heavy atom. The summed E-state index contributed by atoms with van der Waals surface area (Å²) in [6.07, 6.45) is 9.16. The zero-order valence-corrected chi connectivity index (χ0v) is 34.0. The molecule has 7 N–H and O–H groups in total. The van der Waals surface area contributed by atoms with Gasteiger partial charge in [-0.05, 0) is 121 Å². The van der Waals surface area contributed by atoms with Gasteiger partial charge in [-0.25, -0.2) is 0 Å². The normalized spacial score (nSPS) is 23.6. The van der Waals surface area contributed by atoms with Crippen LogP contribution in [0.25, 0.3) is 0 Å². The third-order valence-corrected chi connectivity index (χ3v) is 11.9. The molecule has 0 aliphatic heterocycles. The van der Waals surface area contributed by atoms with E-state index in [1.54, 1.807) is 53.7 Å². The van der Waals surface area contributed by atoms with Gasteiger partial charge in [-0.3, -0.25) is 29.3 Å². The lowest BCUT2D eigenvalue weighted by atomic mass is 9.72. The first-order valence-corrected chi connectivity index (χ1v) is 19.6. The summed E-state index contributed by atoms with van der Waals surface area (Å²) in [6, 6.07) is 0. The molecule has 3 aliphatic rings. The number of allylic oxidation sites excluding steroid dienone is 2. The lowest BCUT2D eigenvalue weighted by Crippen LogP contribution is -2.57. The van der Waals surface area contributed by atoms with Crippen molar-refractivity contribution in [2.75, 3.05) is 39.3 Å². The van der Waals surface area contributed by atoms with Crippen molar-refractivity contribution in [2.24, 2.45) is 40.9 Å². The van der Waals surface area contributed by atoms with E-state index in [4.69, 9.17) is 0 Å². The van der Waals surface area contributed by atoms with E-state index in [0.717, 1.165) is 36.5 Å². The molecule has 304 valence electrons. The van der Waals surface area contributed by atoms with Gasteiger partial charge in [0.15, 0.2) is 0 Å². The standard InChI is InChI=1S/C43H66N6O6/c1-25(2)37(50)44-18-16-32-19-33-20-35(32)34-14-13-31(36(33)34)15-17-45-41(54)29(9)11-12-30(10)42(55)49-24-43(21-46-38(51)26(3)4,22-47-39(52)27(5)6)23-48-40(53)28(7)8/h11-12,31-36,38,46,51H,1,3,5,7,13-24H2,2,4,6,8-10H3,(H,44,50)(H,45,54)(H,47,52)(H,48,53)(H,49,55)/b29-11+,30-12+. The van der Waals surface area contributed by atoms with Gasteiger partial charge in [0.2, 0.25) is 29.5 Å². The van der Waals surface area contributed by atoms with E-state index in [9.17, 15) is 29.1 Å². The first-order chi connectivity index (χ1) is 25.9. The molecule has 0 heterocycles. The largest absolute Gasteiger partial charge is 0.375 e. The number of hydrogen-bond donors (Lipinski definition) is 7. The summed E-state index contributed by atoms with van der Waals surface area (Å²) < 4.78 is 0. The molecule has 5 amide bonds. The van der Waals surface area contributed by atoms with Crippen LogP contribution in [-0.4, -0.2) is 80.1 Å². The second kappa shape index (κ2) is 20.6. The number of aliphatic hydroxyl groups excluding tert-OH is 1. The molecular weight excluding hydrogens is 697 g/mol. The fraction of sp³-hybridized carbons (Fsp3) is 0.605. The van der Waals surface area contributed by atoms with E-state index < -0.39 is 17.6 Å². The lowest BCUT2D eigenvalue weighted by molar-refractivity contribution is -0.119. The lowest BCUT2D eigenvalue weighted by Gasteiger charge is -2.36. The predicted molar refractivity (Wildman–Crippen MR) is 217 cm³/mol. The third kappa shape index (κ3) is 12.9. The molecule has 3 fully saturated rings. The second-order valence-corrected chi connectivity index (χ2v) is 16.5. The number of fused-ring (bicyclic) bond motifs is 5. The molecular formula is C43H66N6O6. The average Bonchev–Trinajstić information content (AvgIpc) is 3.85. The summed E-state index contributed by atoms with van der Waals surface area (Å²) in [5.41, 5.74) is 1.48. The Morgan fingerprint density at radius 2 is 1.07 bits per heavy atom. The number of amides is 5. The van der Waals surface area contributed by atoms with Crippen molar-refractivity contribution in [3.05, 3.63) is 71.9 Å². The summed E-state index contributed by atoms with van der Waals surface area (Å²) in [6.45, 7) is 26.3. The molecule has 7 atom stereocenters. The predicted octanol–water partition coefficient (Wildman–Crippen LogP) is 3.74. The Hall–Kier alpha value is -4.29. The van der Waals surface area contributed by atoms with Gasteiger partial charge < -0.3 is 31.7 Å². The molecule has 3 rings (SSSR count). The molecule has 0 spiro atoms. The van der Waals surface area contributed by atoms with Crippen LogP contribution in [0.1, 0.15) is 80.1 Å². The number of rotatable bonds is 22. The maximum absolute atomic E-state index is 13.3. The Morgan fingerprint density at radius 3 is 1.58 bits per heavy atom.